The number of hydrogen-bond donors (Lipinski definition) is 4. The summed E-state index contributed by atoms with van der Waals surface area (Å²) in [6.45, 7) is 11.8. The molecular formula is C35H53N7O6. The summed E-state index contributed by atoms with van der Waals surface area (Å²) in [6.07, 6.45) is 10.7. The molecule has 13 nitrogen and oxygen atoms in total. The second-order valence-corrected chi connectivity index (χ2v) is 14.9. The monoisotopic (exact) mass is 667 g/mol. The molecule has 1 aromatic rings. The van der Waals surface area contributed by atoms with Crippen LogP contribution in [0.4, 0.5) is 0 Å². The van der Waals surface area contributed by atoms with Crippen LogP contribution in [-0.4, -0.2) is 93.4 Å². The molecule has 7 atom stereocenters. The van der Waals surface area contributed by atoms with E-state index in [9.17, 15) is 28.8 Å². The predicted molar refractivity (Wildman–Crippen MR) is 178 cm³/mol. The first-order valence-corrected chi connectivity index (χ1v) is 17.5. The molecule has 3 fully saturated rings. The first-order valence-electron chi connectivity index (χ1n) is 17.5. The van der Waals surface area contributed by atoms with Gasteiger partial charge in [0.05, 0.1) is 18.3 Å². The van der Waals surface area contributed by atoms with E-state index in [-0.39, 0.29) is 41.9 Å². The number of amides is 4. The van der Waals surface area contributed by atoms with Crippen LogP contribution in [0.5, 0.6) is 0 Å². The van der Waals surface area contributed by atoms with E-state index >= 15 is 0 Å². The van der Waals surface area contributed by atoms with E-state index in [1.165, 1.54) is 18.6 Å². The minimum atomic E-state index is -1.36. The average molecular weight is 668 g/mol. The van der Waals surface area contributed by atoms with Gasteiger partial charge >= 0.3 is 0 Å². The molecule has 0 spiro atoms. The van der Waals surface area contributed by atoms with Crippen molar-refractivity contribution in [3.63, 3.8) is 0 Å². The average Bonchev–Trinajstić information content (AvgIpc) is 3.62. The molecule has 2 saturated carbocycles. The minimum Gasteiger partial charge on any atom is -0.347 e. The van der Waals surface area contributed by atoms with Gasteiger partial charge in [-0.1, -0.05) is 60.8 Å². The van der Waals surface area contributed by atoms with E-state index in [1.54, 1.807) is 4.90 Å². The van der Waals surface area contributed by atoms with Gasteiger partial charge < -0.3 is 31.0 Å². The Morgan fingerprint density at radius 3 is 2.38 bits per heavy atom. The first-order chi connectivity index (χ1) is 22.8. The molecule has 48 heavy (non-hydrogen) atoms. The van der Waals surface area contributed by atoms with Gasteiger partial charge in [0.2, 0.25) is 17.6 Å². The Hall–Kier alpha value is -3.74. The van der Waals surface area contributed by atoms with Crippen molar-refractivity contribution >= 4 is 35.7 Å². The Kier molecular flexibility index (Phi) is 12.1. The van der Waals surface area contributed by atoms with Crippen LogP contribution in [-0.2, 0) is 24.0 Å². The molecule has 264 valence electrons. The summed E-state index contributed by atoms with van der Waals surface area (Å²) in [4.78, 5) is 89.9. The van der Waals surface area contributed by atoms with Crippen LogP contribution < -0.4 is 21.3 Å². The molecular weight excluding hydrogens is 614 g/mol. The summed E-state index contributed by atoms with van der Waals surface area (Å²) in [6, 6.07) is -2.57. The second-order valence-electron chi connectivity index (χ2n) is 14.9. The van der Waals surface area contributed by atoms with E-state index in [2.05, 4.69) is 31.2 Å². The lowest BCUT2D eigenvalue weighted by Crippen LogP contribution is -2.65. The highest BCUT2D eigenvalue weighted by Gasteiger charge is 2.52. The van der Waals surface area contributed by atoms with Crippen LogP contribution in [0, 0.1) is 23.2 Å². The summed E-state index contributed by atoms with van der Waals surface area (Å²) in [5.74, 6) is -2.82. The number of hydrogen-bond acceptors (Lipinski definition) is 9. The zero-order valence-corrected chi connectivity index (χ0v) is 29.2. The van der Waals surface area contributed by atoms with Crippen LogP contribution >= 0.6 is 0 Å². The summed E-state index contributed by atoms with van der Waals surface area (Å²) < 4.78 is 0. The quantitative estimate of drug-likeness (QED) is 0.151. The van der Waals surface area contributed by atoms with Gasteiger partial charge in [0.25, 0.3) is 11.8 Å². The molecule has 3 aliphatic rings. The van der Waals surface area contributed by atoms with Gasteiger partial charge in [0, 0.05) is 31.5 Å². The van der Waals surface area contributed by atoms with Crippen LogP contribution in [0.1, 0.15) is 103 Å². The van der Waals surface area contributed by atoms with Crippen molar-refractivity contribution in [1.29, 1.82) is 0 Å². The molecule has 4 amide bonds. The number of nitrogens with one attached hydrogen (secondary N) is 4. The van der Waals surface area contributed by atoms with Crippen molar-refractivity contribution in [3.8, 4) is 0 Å². The number of likely N-dealkylation sites (tertiary alicyclic amines) is 1. The highest BCUT2D eigenvalue weighted by atomic mass is 16.2. The maximum absolute atomic E-state index is 14.6. The fourth-order valence-corrected chi connectivity index (χ4v) is 7.11. The van der Waals surface area contributed by atoms with Crippen molar-refractivity contribution in [1.82, 2.24) is 36.1 Å². The second kappa shape index (κ2) is 15.7. The van der Waals surface area contributed by atoms with Gasteiger partial charge in [-0.05, 0) is 55.3 Å². The zero-order chi connectivity index (χ0) is 35.2. The molecule has 4 rings (SSSR count). The molecule has 13 heteroatoms. The molecule has 0 aromatic carbocycles. The van der Waals surface area contributed by atoms with Gasteiger partial charge in [-0.2, -0.15) is 0 Å². The molecule has 0 radical (unpaired) electrons. The highest BCUT2D eigenvalue weighted by Crippen LogP contribution is 2.43. The van der Waals surface area contributed by atoms with E-state index in [0.717, 1.165) is 32.1 Å². The number of nitrogens with zero attached hydrogens (tertiary/aromatic N) is 3. The number of carbonyl (C=O) groups is 6. The Labute approximate surface area is 283 Å². The number of rotatable bonds is 16. The van der Waals surface area contributed by atoms with Gasteiger partial charge in [-0.3, -0.25) is 29.0 Å². The lowest BCUT2D eigenvalue weighted by atomic mass is 9.81. The van der Waals surface area contributed by atoms with E-state index in [1.807, 2.05) is 41.5 Å². The van der Waals surface area contributed by atoms with Crippen molar-refractivity contribution in [2.75, 3.05) is 13.1 Å². The standard InChI is InChI=1S/C35H53N7O6/c1-7-10-25(28(44)32(47)39-23-13-14-23)40-31(46)27-24-12-9-11-22(24)18-42(27)33(48)29(34(4,5)6)38-19-35(20-43,21(3)8-2)41-30(45)26-17-36-15-16-37-26/h15-17,20-25,27,29,38H,7-14,18-19H2,1-6H3,(H,39,47)(H,40,46)(H,41,45)/t21?,22-,24-,25-,27?,29+,35+/m0/s1. The van der Waals surface area contributed by atoms with Gasteiger partial charge in [-0.25, -0.2) is 4.98 Å². The highest BCUT2D eigenvalue weighted by molar-refractivity contribution is 6.38. The molecule has 1 saturated heterocycles. The van der Waals surface area contributed by atoms with Crippen LogP contribution in [0.3, 0.4) is 0 Å². The number of carbonyl (C=O) groups excluding carboxylic acids is 6. The Bertz CT molecular complexity index is 1350. The maximum atomic E-state index is 14.6. The van der Waals surface area contributed by atoms with Crippen molar-refractivity contribution in [3.05, 3.63) is 24.3 Å². The number of ketones is 1. The van der Waals surface area contributed by atoms with E-state index in [4.69, 9.17) is 0 Å². The minimum absolute atomic E-state index is 0.0158. The summed E-state index contributed by atoms with van der Waals surface area (Å²) in [7, 11) is 0. The Balaban J connectivity index is 1.56. The molecule has 2 unspecified atom stereocenters. The normalized spacial score (nSPS) is 23.6. The van der Waals surface area contributed by atoms with Crippen molar-refractivity contribution in [2.24, 2.45) is 23.2 Å². The van der Waals surface area contributed by atoms with Gasteiger partial charge in [0.15, 0.2) is 0 Å². The van der Waals surface area contributed by atoms with Gasteiger partial charge in [0.1, 0.15) is 23.6 Å². The number of Topliss-reactive ketones (excluding diaryl/α,β-unsaturated/α-hetero) is 1. The molecule has 0 bridgehead atoms. The first kappa shape index (κ1) is 37.1. The van der Waals surface area contributed by atoms with Gasteiger partial charge in [-0.15, -0.1) is 0 Å². The molecule has 2 aliphatic carbocycles. The molecule has 2 heterocycles. The zero-order valence-electron chi connectivity index (χ0n) is 29.2. The predicted octanol–water partition coefficient (Wildman–Crippen LogP) is 1.95. The number of aromatic nitrogens is 2. The third-order valence-electron chi connectivity index (χ3n) is 10.3. The molecule has 1 aromatic heterocycles. The molecule has 4 N–H and O–H groups in total. The molecule has 1 aliphatic heterocycles. The van der Waals surface area contributed by atoms with Crippen LogP contribution in [0.2, 0.25) is 0 Å². The lowest BCUT2D eigenvalue weighted by molar-refractivity contribution is -0.145. The largest absolute Gasteiger partial charge is 0.347 e. The lowest BCUT2D eigenvalue weighted by Gasteiger charge is -2.40. The van der Waals surface area contributed by atoms with Crippen LogP contribution in [0.25, 0.3) is 0 Å². The Morgan fingerprint density at radius 2 is 1.79 bits per heavy atom. The third-order valence-corrected chi connectivity index (χ3v) is 10.3. The van der Waals surface area contributed by atoms with Crippen LogP contribution in [0.15, 0.2) is 18.6 Å². The van der Waals surface area contributed by atoms with Crippen molar-refractivity contribution in [2.45, 2.75) is 123 Å². The fourth-order valence-electron chi connectivity index (χ4n) is 7.11. The summed E-state index contributed by atoms with van der Waals surface area (Å²) in [5.41, 5.74) is -1.94. The number of aldehydes is 1. The maximum Gasteiger partial charge on any atom is 0.289 e. The fraction of sp³-hybridized carbons (Fsp3) is 0.714. The third kappa shape index (κ3) is 8.45. The smallest absolute Gasteiger partial charge is 0.289 e. The number of fused-ring (bicyclic) bond motifs is 1. The Morgan fingerprint density at radius 1 is 1.06 bits per heavy atom. The summed E-state index contributed by atoms with van der Waals surface area (Å²) in [5, 5.41) is 11.8. The summed E-state index contributed by atoms with van der Waals surface area (Å²) >= 11 is 0. The van der Waals surface area contributed by atoms with Crippen molar-refractivity contribution < 1.29 is 28.8 Å². The van der Waals surface area contributed by atoms with E-state index < -0.39 is 52.6 Å². The topological polar surface area (TPSA) is 180 Å². The SMILES string of the molecule is CCC[C@H](NC(=O)C1[C@H]2CCC[C@H]2CN1C(=O)[C@@H](NC[C@](C=O)(NC(=O)c1cnccn1)C(C)CC)C(C)(C)C)C(=O)C(=O)NC1CC1. The van der Waals surface area contributed by atoms with E-state index in [0.29, 0.717) is 32.1 Å².